The summed E-state index contributed by atoms with van der Waals surface area (Å²) in [5, 5.41) is 0. The van der Waals surface area contributed by atoms with Crippen molar-refractivity contribution in [1.29, 1.82) is 0 Å². The normalized spacial score (nSPS) is 17.8. The highest BCUT2D eigenvalue weighted by Gasteiger charge is 2.35. The molecule has 2 amide bonds. The zero-order valence-corrected chi connectivity index (χ0v) is 13.3. The van der Waals surface area contributed by atoms with Gasteiger partial charge in [0, 0.05) is 13.1 Å². The third-order valence-corrected chi connectivity index (χ3v) is 4.50. The van der Waals surface area contributed by atoms with Crippen LogP contribution in [0.5, 0.6) is 0 Å². The van der Waals surface area contributed by atoms with Crippen LogP contribution in [0.1, 0.15) is 15.9 Å². The van der Waals surface area contributed by atoms with Crippen molar-refractivity contribution < 1.29 is 14.3 Å². The van der Waals surface area contributed by atoms with Gasteiger partial charge in [-0.2, -0.15) is 0 Å². The monoisotopic (exact) mass is 322 g/mol. The fourth-order valence-electron chi connectivity index (χ4n) is 3.35. The average molecular weight is 322 g/mol. The van der Waals surface area contributed by atoms with Crippen molar-refractivity contribution in [1.82, 2.24) is 0 Å². The highest BCUT2D eigenvalue weighted by Crippen LogP contribution is 2.32. The fourth-order valence-corrected chi connectivity index (χ4v) is 3.35. The number of rotatable bonds is 2. The number of amides is 2. The van der Waals surface area contributed by atoms with E-state index in [1.807, 2.05) is 36.4 Å². The minimum absolute atomic E-state index is 0.183. The SMILES string of the molecule is O=C1Cc2cccc(N3CCOCC3)c2C(=O)N1c1ccccc1. The number of ether oxygens (including phenoxy) is 1. The van der Waals surface area contributed by atoms with Crippen LogP contribution in [-0.4, -0.2) is 38.1 Å². The first-order valence-electron chi connectivity index (χ1n) is 8.12. The summed E-state index contributed by atoms with van der Waals surface area (Å²) >= 11 is 0. The van der Waals surface area contributed by atoms with E-state index in [0.717, 1.165) is 24.3 Å². The molecule has 0 atom stereocenters. The van der Waals surface area contributed by atoms with Crippen molar-refractivity contribution in [3.05, 3.63) is 59.7 Å². The maximum absolute atomic E-state index is 13.1. The van der Waals surface area contributed by atoms with E-state index in [-0.39, 0.29) is 18.2 Å². The van der Waals surface area contributed by atoms with E-state index >= 15 is 0 Å². The zero-order chi connectivity index (χ0) is 16.5. The number of hydrogen-bond acceptors (Lipinski definition) is 4. The van der Waals surface area contributed by atoms with Crippen molar-refractivity contribution in [2.24, 2.45) is 0 Å². The Balaban J connectivity index is 1.78. The molecule has 4 rings (SSSR count). The highest BCUT2D eigenvalue weighted by atomic mass is 16.5. The quantitative estimate of drug-likeness (QED) is 0.796. The Labute approximate surface area is 140 Å². The van der Waals surface area contributed by atoms with Gasteiger partial charge in [-0.25, -0.2) is 4.90 Å². The molecule has 24 heavy (non-hydrogen) atoms. The Morgan fingerprint density at radius 1 is 0.875 bits per heavy atom. The van der Waals surface area contributed by atoms with Crippen LogP contribution < -0.4 is 9.80 Å². The van der Waals surface area contributed by atoms with Crippen molar-refractivity contribution in [3.63, 3.8) is 0 Å². The van der Waals surface area contributed by atoms with Gasteiger partial charge < -0.3 is 9.64 Å². The maximum atomic E-state index is 13.1. The van der Waals surface area contributed by atoms with Crippen LogP contribution in [0.3, 0.4) is 0 Å². The number of carbonyl (C=O) groups is 2. The second-order valence-electron chi connectivity index (χ2n) is 5.96. The maximum Gasteiger partial charge on any atom is 0.267 e. The van der Waals surface area contributed by atoms with Crippen molar-refractivity contribution >= 4 is 23.2 Å². The number of benzene rings is 2. The van der Waals surface area contributed by atoms with Crippen molar-refractivity contribution in [2.45, 2.75) is 6.42 Å². The first-order valence-corrected chi connectivity index (χ1v) is 8.12. The molecule has 0 aliphatic carbocycles. The summed E-state index contributed by atoms with van der Waals surface area (Å²) in [7, 11) is 0. The molecule has 0 aromatic heterocycles. The van der Waals surface area contributed by atoms with Gasteiger partial charge >= 0.3 is 0 Å². The number of hydrogen-bond donors (Lipinski definition) is 0. The molecule has 5 nitrogen and oxygen atoms in total. The second-order valence-corrected chi connectivity index (χ2v) is 5.96. The first kappa shape index (κ1) is 14.9. The predicted octanol–water partition coefficient (Wildman–Crippen LogP) is 2.25. The van der Waals surface area contributed by atoms with Crippen LogP contribution in [0, 0.1) is 0 Å². The molecule has 2 aliphatic rings. The second kappa shape index (κ2) is 6.09. The molecule has 0 saturated carbocycles. The summed E-state index contributed by atoms with van der Waals surface area (Å²) in [6, 6.07) is 14.9. The fraction of sp³-hybridized carbons (Fsp3) is 0.263. The molecule has 0 N–H and O–H groups in total. The number of anilines is 2. The number of morpholine rings is 1. The molecule has 2 heterocycles. The van der Waals surface area contributed by atoms with Gasteiger partial charge in [0.2, 0.25) is 5.91 Å². The van der Waals surface area contributed by atoms with Gasteiger partial charge in [0.05, 0.1) is 36.6 Å². The van der Waals surface area contributed by atoms with E-state index in [1.165, 1.54) is 4.90 Å². The summed E-state index contributed by atoms with van der Waals surface area (Å²) < 4.78 is 5.41. The molecular formula is C19H18N2O3. The van der Waals surface area contributed by atoms with E-state index in [9.17, 15) is 9.59 Å². The van der Waals surface area contributed by atoms with Crippen molar-refractivity contribution in [3.8, 4) is 0 Å². The molecule has 1 saturated heterocycles. The molecule has 0 radical (unpaired) electrons. The molecule has 0 unspecified atom stereocenters. The molecule has 2 aromatic carbocycles. The summed E-state index contributed by atoms with van der Waals surface area (Å²) in [6.07, 6.45) is 0.244. The van der Waals surface area contributed by atoms with Crippen LogP contribution in [0.15, 0.2) is 48.5 Å². The average Bonchev–Trinajstić information content (AvgIpc) is 2.63. The zero-order valence-electron chi connectivity index (χ0n) is 13.3. The Morgan fingerprint density at radius 2 is 1.62 bits per heavy atom. The van der Waals surface area contributed by atoms with Gasteiger partial charge in [-0.1, -0.05) is 30.3 Å². The molecule has 1 fully saturated rings. The minimum atomic E-state index is -0.241. The van der Waals surface area contributed by atoms with Gasteiger partial charge in [0.15, 0.2) is 0 Å². The molecular weight excluding hydrogens is 304 g/mol. The Morgan fingerprint density at radius 3 is 2.38 bits per heavy atom. The smallest absolute Gasteiger partial charge is 0.267 e. The van der Waals surface area contributed by atoms with E-state index in [4.69, 9.17) is 4.74 Å². The number of para-hydroxylation sites is 1. The summed E-state index contributed by atoms with van der Waals surface area (Å²) in [5.41, 5.74) is 2.97. The standard InChI is InChI=1S/C19H18N2O3/c22-17-13-14-5-4-8-16(20-9-11-24-12-10-20)18(14)19(23)21(17)15-6-2-1-3-7-15/h1-8H,9-13H2. The summed E-state index contributed by atoms with van der Waals surface area (Å²) in [5.74, 6) is -0.424. The van der Waals surface area contributed by atoms with Crippen LogP contribution in [0.25, 0.3) is 0 Å². The van der Waals surface area contributed by atoms with Crippen LogP contribution >= 0.6 is 0 Å². The van der Waals surface area contributed by atoms with Crippen LogP contribution in [0.2, 0.25) is 0 Å². The molecule has 5 heteroatoms. The lowest BCUT2D eigenvalue weighted by Crippen LogP contribution is -2.44. The Bertz CT molecular complexity index is 782. The predicted molar refractivity (Wildman–Crippen MR) is 91.4 cm³/mol. The summed E-state index contributed by atoms with van der Waals surface area (Å²) in [6.45, 7) is 2.81. The van der Waals surface area contributed by atoms with Gasteiger partial charge in [-0.3, -0.25) is 9.59 Å². The molecule has 2 aliphatic heterocycles. The largest absolute Gasteiger partial charge is 0.378 e. The number of carbonyl (C=O) groups excluding carboxylic acids is 2. The summed E-state index contributed by atoms with van der Waals surface area (Å²) in [4.78, 5) is 29.1. The van der Waals surface area contributed by atoms with E-state index < -0.39 is 0 Å². The van der Waals surface area contributed by atoms with E-state index in [2.05, 4.69) is 4.90 Å². The van der Waals surface area contributed by atoms with Crippen molar-refractivity contribution in [2.75, 3.05) is 36.1 Å². The molecule has 2 aromatic rings. The third-order valence-electron chi connectivity index (χ3n) is 4.50. The lowest BCUT2D eigenvalue weighted by molar-refractivity contribution is -0.117. The number of fused-ring (bicyclic) bond motifs is 1. The Kier molecular flexibility index (Phi) is 3.78. The molecule has 122 valence electrons. The number of imide groups is 1. The first-order chi connectivity index (χ1) is 11.8. The van der Waals surface area contributed by atoms with Gasteiger partial charge in [0.1, 0.15) is 0 Å². The minimum Gasteiger partial charge on any atom is -0.378 e. The molecule has 0 spiro atoms. The number of nitrogens with zero attached hydrogens (tertiary/aromatic N) is 2. The van der Waals surface area contributed by atoms with Gasteiger partial charge in [0.25, 0.3) is 5.91 Å². The third kappa shape index (κ3) is 2.47. The van der Waals surface area contributed by atoms with Crippen LogP contribution in [-0.2, 0) is 16.0 Å². The molecule has 0 bridgehead atoms. The van der Waals surface area contributed by atoms with Gasteiger partial charge in [-0.15, -0.1) is 0 Å². The Hall–Kier alpha value is -2.66. The topological polar surface area (TPSA) is 49.9 Å². The van der Waals surface area contributed by atoms with Crippen LogP contribution in [0.4, 0.5) is 11.4 Å². The highest BCUT2D eigenvalue weighted by molar-refractivity contribution is 6.26. The lowest BCUT2D eigenvalue weighted by Gasteiger charge is -2.34. The van der Waals surface area contributed by atoms with E-state index in [0.29, 0.717) is 24.5 Å². The van der Waals surface area contributed by atoms with E-state index in [1.54, 1.807) is 12.1 Å². The lowest BCUT2D eigenvalue weighted by atomic mass is 9.95. The van der Waals surface area contributed by atoms with Gasteiger partial charge in [-0.05, 0) is 23.8 Å².